The third-order valence-electron chi connectivity index (χ3n) is 3.59. The number of benzene rings is 1. The van der Waals surface area contributed by atoms with Crippen LogP contribution in [0.2, 0.25) is 0 Å². The summed E-state index contributed by atoms with van der Waals surface area (Å²) in [5, 5.41) is 3.32. The van der Waals surface area contributed by atoms with E-state index in [-0.39, 0.29) is 5.41 Å². The first-order valence-corrected chi connectivity index (χ1v) is 7.99. The molecule has 0 atom stereocenters. The second kappa shape index (κ2) is 7.97. The molecule has 0 aliphatic heterocycles. The van der Waals surface area contributed by atoms with E-state index in [2.05, 4.69) is 61.9 Å². The third-order valence-corrected chi connectivity index (χ3v) is 3.59. The number of nitrogens with zero attached hydrogens (tertiary/aromatic N) is 1. The fourth-order valence-electron chi connectivity index (χ4n) is 2.21. The van der Waals surface area contributed by atoms with Crippen molar-refractivity contribution in [3.63, 3.8) is 0 Å². The van der Waals surface area contributed by atoms with Gasteiger partial charge in [0, 0.05) is 12.1 Å². The molecule has 0 saturated carbocycles. The molecule has 1 heterocycles. The molecule has 124 valence electrons. The van der Waals surface area contributed by atoms with E-state index in [0.29, 0.717) is 19.0 Å². The number of hydrogen-bond donors (Lipinski definition) is 1. The molecular formula is C19H26N2O2. The zero-order valence-electron chi connectivity index (χ0n) is 14.3. The molecule has 1 aromatic heterocycles. The summed E-state index contributed by atoms with van der Waals surface area (Å²) >= 11 is 0. The van der Waals surface area contributed by atoms with Crippen LogP contribution in [0.15, 0.2) is 47.8 Å². The average Bonchev–Trinajstić information content (AvgIpc) is 2.99. The monoisotopic (exact) mass is 314 g/mol. The van der Waals surface area contributed by atoms with E-state index in [1.807, 2.05) is 0 Å². The lowest BCUT2D eigenvalue weighted by atomic mass is 9.87. The molecule has 2 rings (SSSR count). The number of rotatable bonds is 8. The Labute approximate surface area is 138 Å². The largest absolute Gasteiger partial charge is 0.502 e. The normalized spacial score (nSPS) is 11.4. The highest BCUT2D eigenvalue weighted by Crippen LogP contribution is 2.25. The number of oxazole rings is 1. The van der Waals surface area contributed by atoms with E-state index in [9.17, 15) is 0 Å². The SMILES string of the molecule is C=COCCCNCc1coc(-c2ccc(C(C)(C)C)cc2)n1. The van der Waals surface area contributed by atoms with Crippen molar-refractivity contribution < 1.29 is 9.15 Å². The summed E-state index contributed by atoms with van der Waals surface area (Å²) in [4.78, 5) is 4.53. The molecule has 0 spiro atoms. The summed E-state index contributed by atoms with van der Waals surface area (Å²) < 4.78 is 10.7. The van der Waals surface area contributed by atoms with Crippen LogP contribution in [-0.2, 0) is 16.7 Å². The standard InChI is InChI=1S/C19H26N2O2/c1-5-22-12-6-11-20-13-17-14-23-18(21-17)15-7-9-16(10-8-15)19(2,3)4/h5,7-10,14,20H,1,6,11-13H2,2-4H3. The molecule has 0 unspecified atom stereocenters. The van der Waals surface area contributed by atoms with Gasteiger partial charge in [0.05, 0.1) is 18.6 Å². The Morgan fingerprint density at radius 2 is 2.00 bits per heavy atom. The fraction of sp³-hybridized carbons (Fsp3) is 0.421. The van der Waals surface area contributed by atoms with Crippen LogP contribution in [0.4, 0.5) is 0 Å². The van der Waals surface area contributed by atoms with Crippen molar-refractivity contribution in [1.82, 2.24) is 10.3 Å². The lowest BCUT2D eigenvalue weighted by molar-refractivity contribution is 0.244. The molecular weight excluding hydrogens is 288 g/mol. The Kier molecular flexibility index (Phi) is 5.99. The highest BCUT2D eigenvalue weighted by atomic mass is 16.5. The van der Waals surface area contributed by atoms with Crippen LogP contribution in [-0.4, -0.2) is 18.1 Å². The predicted molar refractivity (Wildman–Crippen MR) is 93.1 cm³/mol. The smallest absolute Gasteiger partial charge is 0.226 e. The summed E-state index contributed by atoms with van der Waals surface area (Å²) in [5.74, 6) is 0.664. The molecule has 4 nitrogen and oxygen atoms in total. The maximum atomic E-state index is 5.58. The van der Waals surface area contributed by atoms with Crippen LogP contribution in [0.1, 0.15) is 38.4 Å². The van der Waals surface area contributed by atoms with Gasteiger partial charge in [0.2, 0.25) is 5.89 Å². The van der Waals surface area contributed by atoms with Crippen molar-refractivity contribution in [2.24, 2.45) is 0 Å². The Morgan fingerprint density at radius 1 is 1.26 bits per heavy atom. The van der Waals surface area contributed by atoms with Gasteiger partial charge in [-0.1, -0.05) is 39.5 Å². The highest BCUT2D eigenvalue weighted by molar-refractivity contribution is 5.54. The van der Waals surface area contributed by atoms with E-state index in [1.54, 1.807) is 6.26 Å². The van der Waals surface area contributed by atoms with E-state index in [4.69, 9.17) is 9.15 Å². The van der Waals surface area contributed by atoms with E-state index in [1.165, 1.54) is 11.8 Å². The molecule has 0 fully saturated rings. The van der Waals surface area contributed by atoms with Gasteiger partial charge in [-0.2, -0.15) is 0 Å². The number of hydrogen-bond acceptors (Lipinski definition) is 4. The lowest BCUT2D eigenvalue weighted by Gasteiger charge is -2.18. The Morgan fingerprint density at radius 3 is 2.65 bits per heavy atom. The molecule has 4 heteroatoms. The van der Waals surface area contributed by atoms with Gasteiger partial charge in [0.1, 0.15) is 6.26 Å². The molecule has 0 bridgehead atoms. The predicted octanol–water partition coefficient (Wildman–Crippen LogP) is 4.28. The summed E-state index contributed by atoms with van der Waals surface area (Å²) in [6.45, 7) is 12.4. The highest BCUT2D eigenvalue weighted by Gasteiger charge is 2.14. The van der Waals surface area contributed by atoms with E-state index >= 15 is 0 Å². The quantitative estimate of drug-likeness (QED) is 0.583. The van der Waals surface area contributed by atoms with Crippen molar-refractivity contribution in [3.8, 4) is 11.5 Å². The van der Waals surface area contributed by atoms with Crippen LogP contribution in [0.3, 0.4) is 0 Å². The van der Waals surface area contributed by atoms with Crippen LogP contribution in [0, 0.1) is 0 Å². The van der Waals surface area contributed by atoms with Gasteiger partial charge < -0.3 is 14.5 Å². The maximum absolute atomic E-state index is 5.58. The van der Waals surface area contributed by atoms with Crippen LogP contribution in [0.25, 0.3) is 11.5 Å². The maximum Gasteiger partial charge on any atom is 0.226 e. The molecule has 0 saturated heterocycles. The fourth-order valence-corrected chi connectivity index (χ4v) is 2.21. The minimum Gasteiger partial charge on any atom is -0.502 e. The second-order valence-corrected chi connectivity index (χ2v) is 6.54. The van der Waals surface area contributed by atoms with Gasteiger partial charge in [-0.25, -0.2) is 4.98 Å². The number of aromatic nitrogens is 1. The van der Waals surface area contributed by atoms with Gasteiger partial charge in [0.25, 0.3) is 0 Å². The number of ether oxygens (including phenoxy) is 1. The molecule has 0 aliphatic rings. The minimum atomic E-state index is 0.152. The van der Waals surface area contributed by atoms with Gasteiger partial charge in [-0.15, -0.1) is 0 Å². The van der Waals surface area contributed by atoms with Gasteiger partial charge in [0.15, 0.2) is 0 Å². The molecule has 0 radical (unpaired) electrons. The Balaban J connectivity index is 1.88. The summed E-state index contributed by atoms with van der Waals surface area (Å²) in [6, 6.07) is 8.40. The van der Waals surface area contributed by atoms with Crippen molar-refractivity contribution in [2.75, 3.05) is 13.2 Å². The second-order valence-electron chi connectivity index (χ2n) is 6.54. The lowest BCUT2D eigenvalue weighted by Crippen LogP contribution is -2.16. The molecule has 2 aromatic rings. The summed E-state index contributed by atoms with van der Waals surface area (Å²) in [7, 11) is 0. The minimum absolute atomic E-state index is 0.152. The van der Waals surface area contributed by atoms with E-state index in [0.717, 1.165) is 24.2 Å². The first kappa shape index (κ1) is 17.3. The van der Waals surface area contributed by atoms with Gasteiger partial charge in [-0.05, 0) is 36.1 Å². The molecule has 1 N–H and O–H groups in total. The average molecular weight is 314 g/mol. The van der Waals surface area contributed by atoms with E-state index < -0.39 is 0 Å². The van der Waals surface area contributed by atoms with Gasteiger partial charge >= 0.3 is 0 Å². The van der Waals surface area contributed by atoms with Crippen molar-refractivity contribution in [3.05, 3.63) is 54.6 Å². The Bertz CT molecular complexity index is 609. The first-order chi connectivity index (χ1) is 11.0. The molecule has 0 aliphatic carbocycles. The van der Waals surface area contributed by atoms with Gasteiger partial charge in [-0.3, -0.25) is 0 Å². The van der Waals surface area contributed by atoms with Crippen molar-refractivity contribution in [2.45, 2.75) is 39.2 Å². The molecule has 1 aromatic carbocycles. The molecule has 23 heavy (non-hydrogen) atoms. The van der Waals surface area contributed by atoms with Crippen LogP contribution < -0.4 is 5.32 Å². The first-order valence-electron chi connectivity index (χ1n) is 7.99. The number of nitrogens with one attached hydrogen (secondary N) is 1. The zero-order valence-corrected chi connectivity index (χ0v) is 14.3. The Hall–Kier alpha value is -2.07. The van der Waals surface area contributed by atoms with Crippen molar-refractivity contribution >= 4 is 0 Å². The molecule has 0 amide bonds. The van der Waals surface area contributed by atoms with Crippen LogP contribution >= 0.6 is 0 Å². The van der Waals surface area contributed by atoms with Crippen molar-refractivity contribution in [1.29, 1.82) is 0 Å². The third kappa shape index (κ3) is 5.25. The summed E-state index contributed by atoms with van der Waals surface area (Å²) in [6.07, 6.45) is 4.11. The summed E-state index contributed by atoms with van der Waals surface area (Å²) in [5.41, 5.74) is 3.36. The zero-order chi connectivity index (χ0) is 16.7. The van der Waals surface area contributed by atoms with Crippen LogP contribution in [0.5, 0.6) is 0 Å². The topological polar surface area (TPSA) is 47.3 Å².